The monoisotopic (exact) mass is 590 g/mol. The molecule has 0 unspecified atom stereocenters. The van der Waals surface area contributed by atoms with E-state index in [2.05, 4.69) is 192 Å². The molecule has 0 radical (unpaired) electrons. The second-order valence-electron chi connectivity index (χ2n) is 11.7. The molecular formula is C44H34N2. The summed E-state index contributed by atoms with van der Waals surface area (Å²) in [5.41, 5.74) is 9.36. The number of allylic oxidation sites excluding steroid dienone is 3. The Bertz CT molecular complexity index is 2150. The molecule has 0 heterocycles. The van der Waals surface area contributed by atoms with E-state index in [1.54, 1.807) is 0 Å². The Kier molecular flexibility index (Phi) is 7.38. The van der Waals surface area contributed by atoms with Crippen molar-refractivity contribution in [3.8, 4) is 11.1 Å². The number of anilines is 5. The lowest BCUT2D eigenvalue weighted by Gasteiger charge is -2.33. The van der Waals surface area contributed by atoms with Gasteiger partial charge in [0.15, 0.2) is 0 Å². The molecule has 0 aromatic heterocycles. The van der Waals surface area contributed by atoms with Gasteiger partial charge >= 0.3 is 0 Å². The van der Waals surface area contributed by atoms with Crippen molar-refractivity contribution in [2.24, 2.45) is 0 Å². The first-order valence-electron chi connectivity index (χ1n) is 16.0. The van der Waals surface area contributed by atoms with E-state index in [0.717, 1.165) is 29.9 Å². The third-order valence-electron chi connectivity index (χ3n) is 8.80. The number of para-hydroxylation sites is 3. The number of benzene rings is 7. The molecule has 0 saturated heterocycles. The van der Waals surface area contributed by atoms with Crippen LogP contribution in [0, 0.1) is 0 Å². The quantitative estimate of drug-likeness (QED) is 0.135. The molecule has 0 N–H and O–H groups in total. The molecule has 1 aliphatic carbocycles. The van der Waals surface area contributed by atoms with Crippen LogP contribution in [0.3, 0.4) is 0 Å². The fraction of sp³-hybridized carbons (Fsp3) is 0.0455. The van der Waals surface area contributed by atoms with Crippen molar-refractivity contribution in [1.82, 2.24) is 0 Å². The van der Waals surface area contributed by atoms with Crippen molar-refractivity contribution < 1.29 is 0 Å². The average molecular weight is 591 g/mol. The molecule has 0 spiro atoms. The fourth-order valence-electron chi connectivity index (χ4n) is 6.74. The molecule has 1 aliphatic rings. The zero-order chi connectivity index (χ0) is 30.7. The van der Waals surface area contributed by atoms with Crippen LogP contribution in [0.1, 0.15) is 12.8 Å². The van der Waals surface area contributed by atoms with Crippen LogP contribution in [0.5, 0.6) is 0 Å². The minimum Gasteiger partial charge on any atom is -0.310 e. The van der Waals surface area contributed by atoms with Crippen LogP contribution in [0.2, 0.25) is 0 Å². The largest absolute Gasteiger partial charge is 0.310 e. The van der Waals surface area contributed by atoms with Gasteiger partial charge < -0.3 is 9.80 Å². The molecule has 0 fully saturated rings. The molecular weight excluding hydrogens is 556 g/mol. The van der Waals surface area contributed by atoms with Gasteiger partial charge in [-0.05, 0) is 72.5 Å². The Morgan fingerprint density at radius 2 is 0.848 bits per heavy atom. The van der Waals surface area contributed by atoms with Crippen molar-refractivity contribution in [3.05, 3.63) is 188 Å². The van der Waals surface area contributed by atoms with Gasteiger partial charge in [0.05, 0.1) is 11.4 Å². The summed E-state index contributed by atoms with van der Waals surface area (Å²) >= 11 is 0. The Hall–Kier alpha value is -5.86. The summed E-state index contributed by atoms with van der Waals surface area (Å²) in [7, 11) is 0. The Morgan fingerprint density at radius 3 is 1.39 bits per heavy atom. The molecule has 2 nitrogen and oxygen atoms in total. The Labute approximate surface area is 270 Å². The normalized spacial score (nSPS) is 12.7. The molecule has 0 bridgehead atoms. The Balaban J connectivity index is 1.53. The molecule has 0 amide bonds. The maximum Gasteiger partial charge on any atom is 0.0620 e. The van der Waals surface area contributed by atoms with Crippen molar-refractivity contribution in [3.63, 3.8) is 0 Å². The second kappa shape index (κ2) is 12.3. The van der Waals surface area contributed by atoms with Crippen LogP contribution in [0.15, 0.2) is 188 Å². The van der Waals surface area contributed by atoms with Gasteiger partial charge in [-0.15, -0.1) is 0 Å². The van der Waals surface area contributed by atoms with Crippen LogP contribution in [0.4, 0.5) is 28.4 Å². The summed E-state index contributed by atoms with van der Waals surface area (Å²) in [6, 6.07) is 58.9. The van der Waals surface area contributed by atoms with Crippen molar-refractivity contribution in [2.75, 3.05) is 9.80 Å². The summed E-state index contributed by atoms with van der Waals surface area (Å²) in [5.74, 6) is 0. The summed E-state index contributed by atoms with van der Waals surface area (Å²) in [6.07, 6.45) is 9.04. The molecule has 46 heavy (non-hydrogen) atoms. The maximum absolute atomic E-state index is 2.47. The third-order valence-corrected chi connectivity index (χ3v) is 8.80. The van der Waals surface area contributed by atoms with Gasteiger partial charge in [-0.2, -0.15) is 0 Å². The first-order chi connectivity index (χ1) is 22.9. The highest BCUT2D eigenvalue weighted by molar-refractivity contribution is 6.23. The molecule has 220 valence electrons. The van der Waals surface area contributed by atoms with E-state index in [1.165, 1.54) is 49.7 Å². The standard InChI is InChI=1S/C44H34N2/c1-6-18-33(19-7-1)34-30-31-41-42(32-34)44(46(37-24-12-4-13-25-37)38-26-14-5-15-27-38)40-29-17-16-28-39(40)43(41)45(35-20-8-2-9-21-35)36-22-10-3-11-23-36/h1-4,6-14,16-32H,5,15H2. The highest BCUT2D eigenvalue weighted by atomic mass is 15.2. The van der Waals surface area contributed by atoms with Crippen molar-refractivity contribution in [1.29, 1.82) is 0 Å². The summed E-state index contributed by atoms with van der Waals surface area (Å²) in [6.45, 7) is 0. The number of fused-ring (bicyclic) bond motifs is 2. The zero-order valence-corrected chi connectivity index (χ0v) is 25.6. The number of nitrogens with zero attached hydrogens (tertiary/aromatic N) is 2. The first-order valence-corrected chi connectivity index (χ1v) is 16.0. The highest BCUT2D eigenvalue weighted by Gasteiger charge is 2.26. The third kappa shape index (κ3) is 5.04. The van der Waals surface area contributed by atoms with E-state index >= 15 is 0 Å². The van der Waals surface area contributed by atoms with E-state index in [1.807, 2.05) is 0 Å². The second-order valence-corrected chi connectivity index (χ2v) is 11.7. The van der Waals surface area contributed by atoms with Gasteiger partial charge in [-0.25, -0.2) is 0 Å². The predicted molar refractivity (Wildman–Crippen MR) is 197 cm³/mol. The first kappa shape index (κ1) is 27.7. The topological polar surface area (TPSA) is 6.48 Å². The van der Waals surface area contributed by atoms with Crippen LogP contribution < -0.4 is 9.80 Å². The molecule has 0 atom stereocenters. The summed E-state index contributed by atoms with van der Waals surface area (Å²) < 4.78 is 0. The minimum atomic E-state index is 1.02. The van der Waals surface area contributed by atoms with Gasteiger partial charge in [0, 0.05) is 44.3 Å². The van der Waals surface area contributed by atoms with Gasteiger partial charge in [-0.3, -0.25) is 0 Å². The van der Waals surface area contributed by atoms with Crippen LogP contribution in [-0.4, -0.2) is 0 Å². The maximum atomic E-state index is 2.47. The molecule has 0 saturated carbocycles. The highest BCUT2D eigenvalue weighted by Crippen LogP contribution is 2.51. The van der Waals surface area contributed by atoms with Crippen LogP contribution in [-0.2, 0) is 0 Å². The molecule has 2 heteroatoms. The van der Waals surface area contributed by atoms with E-state index < -0.39 is 0 Å². The zero-order valence-electron chi connectivity index (χ0n) is 25.6. The van der Waals surface area contributed by atoms with Crippen molar-refractivity contribution in [2.45, 2.75) is 12.8 Å². The molecule has 8 rings (SSSR count). The molecule has 0 aliphatic heterocycles. The van der Waals surface area contributed by atoms with Crippen LogP contribution in [0.25, 0.3) is 32.7 Å². The SMILES string of the molecule is C1=CC(N(c2ccccc2)c2c3ccccc3c(N(c3ccccc3)c3ccccc3)c3ccc(-c4ccccc4)cc23)=CCC1. The lowest BCUT2D eigenvalue weighted by atomic mass is 9.92. The van der Waals surface area contributed by atoms with Crippen LogP contribution >= 0.6 is 0 Å². The van der Waals surface area contributed by atoms with Gasteiger partial charge in [0.2, 0.25) is 0 Å². The Morgan fingerprint density at radius 1 is 0.370 bits per heavy atom. The minimum absolute atomic E-state index is 1.02. The van der Waals surface area contributed by atoms with Gasteiger partial charge in [-0.1, -0.05) is 133 Å². The average Bonchev–Trinajstić information content (AvgIpc) is 3.14. The molecule has 7 aromatic rings. The van der Waals surface area contributed by atoms with Crippen molar-refractivity contribution >= 4 is 50.0 Å². The van der Waals surface area contributed by atoms with E-state index in [0.29, 0.717) is 0 Å². The lowest BCUT2D eigenvalue weighted by Crippen LogP contribution is -2.18. The fourth-order valence-corrected chi connectivity index (χ4v) is 6.74. The lowest BCUT2D eigenvalue weighted by molar-refractivity contribution is 0.999. The van der Waals surface area contributed by atoms with E-state index in [-0.39, 0.29) is 0 Å². The van der Waals surface area contributed by atoms with E-state index in [9.17, 15) is 0 Å². The summed E-state index contributed by atoms with van der Waals surface area (Å²) in [5, 5.41) is 4.81. The number of hydrogen-bond acceptors (Lipinski definition) is 2. The van der Waals surface area contributed by atoms with Gasteiger partial charge in [0.1, 0.15) is 0 Å². The number of hydrogen-bond donors (Lipinski definition) is 0. The number of rotatable bonds is 7. The summed E-state index contributed by atoms with van der Waals surface area (Å²) in [4.78, 5) is 4.89. The predicted octanol–water partition coefficient (Wildman–Crippen LogP) is 12.5. The molecule has 7 aromatic carbocycles. The smallest absolute Gasteiger partial charge is 0.0620 e. The van der Waals surface area contributed by atoms with E-state index in [4.69, 9.17) is 0 Å². The van der Waals surface area contributed by atoms with Gasteiger partial charge in [0.25, 0.3) is 0 Å².